The number of amides is 2. The maximum Gasteiger partial charge on any atom is 0.254 e. The van der Waals surface area contributed by atoms with Gasteiger partial charge in [0, 0.05) is 37.2 Å². The van der Waals surface area contributed by atoms with E-state index in [1.165, 1.54) is 6.42 Å². The molecule has 136 valence electrons. The molecule has 0 spiro atoms. The summed E-state index contributed by atoms with van der Waals surface area (Å²) in [5.74, 6) is 3.20. The number of carbonyl (C=O) groups is 2. The SMILES string of the molecule is C[C@@H]1C[C@@H]1c1ccc(CN(C)C(=O)c2ccc(N3CCCC3=O)cc2)o1. The first-order valence-electron chi connectivity index (χ1n) is 9.27. The number of nitrogens with zero attached hydrogens (tertiary/aromatic N) is 2. The summed E-state index contributed by atoms with van der Waals surface area (Å²) in [6.45, 7) is 3.43. The monoisotopic (exact) mass is 352 g/mol. The molecule has 1 aliphatic carbocycles. The van der Waals surface area contributed by atoms with Crippen LogP contribution in [0, 0.1) is 5.92 Å². The van der Waals surface area contributed by atoms with E-state index >= 15 is 0 Å². The molecule has 1 saturated heterocycles. The maximum atomic E-state index is 12.7. The highest BCUT2D eigenvalue weighted by atomic mass is 16.3. The second-order valence-electron chi connectivity index (χ2n) is 7.48. The van der Waals surface area contributed by atoms with Gasteiger partial charge in [0.05, 0.1) is 6.54 Å². The second-order valence-corrected chi connectivity index (χ2v) is 7.48. The molecule has 0 N–H and O–H groups in total. The van der Waals surface area contributed by atoms with Gasteiger partial charge in [-0.2, -0.15) is 0 Å². The number of hydrogen-bond acceptors (Lipinski definition) is 3. The van der Waals surface area contributed by atoms with Gasteiger partial charge in [-0.25, -0.2) is 0 Å². The molecule has 2 amide bonds. The third kappa shape index (κ3) is 3.26. The zero-order valence-corrected chi connectivity index (χ0v) is 15.3. The molecule has 1 aromatic carbocycles. The van der Waals surface area contributed by atoms with Crippen molar-refractivity contribution in [3.05, 3.63) is 53.5 Å². The fraction of sp³-hybridized carbons (Fsp3) is 0.429. The number of anilines is 1. The summed E-state index contributed by atoms with van der Waals surface area (Å²) in [6, 6.07) is 11.3. The number of carbonyl (C=O) groups excluding carboxylic acids is 2. The molecule has 2 fully saturated rings. The van der Waals surface area contributed by atoms with Gasteiger partial charge in [-0.15, -0.1) is 0 Å². The van der Waals surface area contributed by atoms with E-state index in [0.29, 0.717) is 30.4 Å². The minimum atomic E-state index is -0.0537. The van der Waals surface area contributed by atoms with Crippen LogP contribution in [0.3, 0.4) is 0 Å². The first kappa shape index (κ1) is 16.9. The second kappa shape index (κ2) is 6.63. The van der Waals surface area contributed by atoms with Crippen LogP contribution < -0.4 is 4.90 Å². The highest BCUT2D eigenvalue weighted by molar-refractivity contribution is 5.97. The van der Waals surface area contributed by atoms with Crippen molar-refractivity contribution in [3.63, 3.8) is 0 Å². The van der Waals surface area contributed by atoms with E-state index in [1.807, 2.05) is 24.3 Å². The van der Waals surface area contributed by atoms with Crippen molar-refractivity contribution in [1.29, 1.82) is 0 Å². The van der Waals surface area contributed by atoms with Crippen LogP contribution in [0.5, 0.6) is 0 Å². The summed E-state index contributed by atoms with van der Waals surface area (Å²) in [5, 5.41) is 0. The van der Waals surface area contributed by atoms with E-state index < -0.39 is 0 Å². The van der Waals surface area contributed by atoms with Gasteiger partial charge in [-0.3, -0.25) is 9.59 Å². The Hall–Kier alpha value is -2.56. The topological polar surface area (TPSA) is 53.8 Å². The predicted molar refractivity (Wildman–Crippen MR) is 99.1 cm³/mol. The summed E-state index contributed by atoms with van der Waals surface area (Å²) in [4.78, 5) is 27.9. The summed E-state index contributed by atoms with van der Waals surface area (Å²) in [6.07, 6.45) is 2.69. The molecule has 26 heavy (non-hydrogen) atoms. The molecule has 0 unspecified atom stereocenters. The highest BCUT2D eigenvalue weighted by Crippen LogP contribution is 2.47. The molecule has 1 aromatic heterocycles. The van der Waals surface area contributed by atoms with Gasteiger partial charge < -0.3 is 14.2 Å². The lowest BCUT2D eigenvalue weighted by Gasteiger charge is -2.18. The van der Waals surface area contributed by atoms with Crippen LogP contribution in [0.1, 0.15) is 54.0 Å². The molecule has 0 radical (unpaired) electrons. The van der Waals surface area contributed by atoms with Gasteiger partial charge in [0.25, 0.3) is 5.91 Å². The Bertz CT molecular complexity index is 824. The third-order valence-electron chi connectivity index (χ3n) is 5.40. The third-order valence-corrected chi connectivity index (χ3v) is 5.40. The van der Waals surface area contributed by atoms with Crippen LogP contribution in [0.15, 0.2) is 40.8 Å². The molecule has 2 aliphatic rings. The van der Waals surface area contributed by atoms with E-state index in [0.717, 1.165) is 30.2 Å². The minimum Gasteiger partial charge on any atom is -0.464 e. The first-order valence-corrected chi connectivity index (χ1v) is 9.27. The van der Waals surface area contributed by atoms with E-state index in [1.54, 1.807) is 29.0 Å². The number of hydrogen-bond donors (Lipinski definition) is 0. The molecule has 5 nitrogen and oxygen atoms in total. The summed E-state index contributed by atoms with van der Waals surface area (Å²) in [5.41, 5.74) is 1.48. The van der Waals surface area contributed by atoms with Gasteiger partial charge in [0.15, 0.2) is 0 Å². The first-order chi connectivity index (χ1) is 12.5. The molecule has 2 heterocycles. The average Bonchev–Trinajstić information content (AvgIpc) is 3.01. The number of furan rings is 1. The van der Waals surface area contributed by atoms with Crippen LogP contribution in [0.2, 0.25) is 0 Å². The van der Waals surface area contributed by atoms with Crippen molar-refractivity contribution >= 4 is 17.5 Å². The molecule has 2 aromatic rings. The van der Waals surface area contributed by atoms with Crippen molar-refractivity contribution in [3.8, 4) is 0 Å². The zero-order chi connectivity index (χ0) is 18.3. The molecular formula is C21H24N2O3. The van der Waals surface area contributed by atoms with Gasteiger partial charge >= 0.3 is 0 Å². The van der Waals surface area contributed by atoms with Crippen LogP contribution in [-0.4, -0.2) is 30.3 Å². The lowest BCUT2D eigenvalue weighted by atomic mass is 10.1. The Morgan fingerprint density at radius 2 is 1.96 bits per heavy atom. The van der Waals surface area contributed by atoms with Crippen molar-refractivity contribution in [2.24, 2.45) is 5.92 Å². The predicted octanol–water partition coefficient (Wildman–Crippen LogP) is 3.80. The Kier molecular flexibility index (Phi) is 4.31. The van der Waals surface area contributed by atoms with Crippen LogP contribution >= 0.6 is 0 Å². The van der Waals surface area contributed by atoms with E-state index in [-0.39, 0.29) is 11.8 Å². The fourth-order valence-electron chi connectivity index (χ4n) is 3.63. The van der Waals surface area contributed by atoms with Crippen molar-refractivity contribution < 1.29 is 14.0 Å². The summed E-state index contributed by atoms with van der Waals surface area (Å²) >= 11 is 0. The van der Waals surface area contributed by atoms with E-state index in [9.17, 15) is 9.59 Å². The largest absolute Gasteiger partial charge is 0.464 e. The molecule has 1 aliphatic heterocycles. The Labute approximate surface area is 153 Å². The van der Waals surface area contributed by atoms with Gasteiger partial charge in [-0.05, 0) is 55.2 Å². The Morgan fingerprint density at radius 1 is 1.23 bits per heavy atom. The molecule has 2 atom stereocenters. The lowest BCUT2D eigenvalue weighted by molar-refractivity contribution is -0.117. The Balaban J connectivity index is 1.40. The molecular weight excluding hydrogens is 328 g/mol. The van der Waals surface area contributed by atoms with Crippen LogP contribution in [-0.2, 0) is 11.3 Å². The highest BCUT2D eigenvalue weighted by Gasteiger charge is 2.36. The van der Waals surface area contributed by atoms with E-state index in [2.05, 4.69) is 6.92 Å². The molecule has 4 rings (SSSR count). The standard InChI is InChI=1S/C21H24N2O3/c1-14-12-18(14)19-10-9-17(26-19)13-22(2)21(25)15-5-7-16(8-6-15)23-11-3-4-20(23)24/h5-10,14,18H,3-4,11-13H2,1-2H3/t14-,18+/m1/s1. The van der Waals surface area contributed by atoms with Crippen molar-refractivity contribution in [2.75, 3.05) is 18.5 Å². The number of benzene rings is 1. The molecule has 0 bridgehead atoms. The molecule has 5 heteroatoms. The molecule has 1 saturated carbocycles. The van der Waals surface area contributed by atoms with Gasteiger partial charge in [0.1, 0.15) is 11.5 Å². The van der Waals surface area contributed by atoms with E-state index in [4.69, 9.17) is 4.42 Å². The number of rotatable bonds is 5. The zero-order valence-electron chi connectivity index (χ0n) is 15.3. The van der Waals surface area contributed by atoms with Crippen molar-refractivity contribution in [1.82, 2.24) is 4.90 Å². The lowest BCUT2D eigenvalue weighted by Crippen LogP contribution is -2.26. The quantitative estimate of drug-likeness (QED) is 0.822. The summed E-state index contributed by atoms with van der Waals surface area (Å²) in [7, 11) is 1.78. The normalized spacial score (nSPS) is 21.9. The van der Waals surface area contributed by atoms with Crippen LogP contribution in [0.4, 0.5) is 5.69 Å². The maximum absolute atomic E-state index is 12.7. The van der Waals surface area contributed by atoms with Crippen molar-refractivity contribution in [2.45, 2.75) is 38.6 Å². The van der Waals surface area contributed by atoms with Gasteiger partial charge in [-0.1, -0.05) is 6.92 Å². The summed E-state index contributed by atoms with van der Waals surface area (Å²) < 4.78 is 5.90. The minimum absolute atomic E-state index is 0.0537. The fourth-order valence-corrected chi connectivity index (χ4v) is 3.63. The Morgan fingerprint density at radius 3 is 2.58 bits per heavy atom. The smallest absolute Gasteiger partial charge is 0.254 e. The van der Waals surface area contributed by atoms with Gasteiger partial charge in [0.2, 0.25) is 5.91 Å². The average molecular weight is 352 g/mol. The van der Waals surface area contributed by atoms with Crippen LogP contribution in [0.25, 0.3) is 0 Å².